The van der Waals surface area contributed by atoms with Gasteiger partial charge >= 0.3 is 5.97 Å². The Morgan fingerprint density at radius 2 is 2.00 bits per heavy atom. The Balaban J connectivity index is 2.55. The number of benzene rings is 1. The van der Waals surface area contributed by atoms with Gasteiger partial charge in [0.25, 0.3) is 0 Å². The van der Waals surface area contributed by atoms with Crippen LogP contribution in [0, 0.1) is 0 Å². The minimum Gasteiger partial charge on any atom is -0.462 e. The summed E-state index contributed by atoms with van der Waals surface area (Å²) in [6.07, 6.45) is 1.51. The van der Waals surface area contributed by atoms with Gasteiger partial charge < -0.3 is 10.5 Å². The van der Waals surface area contributed by atoms with E-state index >= 15 is 0 Å². The third kappa shape index (κ3) is 2.32. The minimum absolute atomic E-state index is 0.326. The van der Waals surface area contributed by atoms with Gasteiger partial charge in [0.05, 0.1) is 12.2 Å². The molecular formula is C14H14N2O2. The Hall–Kier alpha value is -2.36. The monoisotopic (exact) mass is 242 g/mol. The van der Waals surface area contributed by atoms with Crippen molar-refractivity contribution >= 4 is 11.8 Å². The number of pyridine rings is 1. The summed E-state index contributed by atoms with van der Waals surface area (Å²) in [5.74, 6) is -0.0581. The van der Waals surface area contributed by atoms with E-state index in [1.54, 1.807) is 13.0 Å². The summed E-state index contributed by atoms with van der Waals surface area (Å²) in [6.45, 7) is 2.10. The van der Waals surface area contributed by atoms with Gasteiger partial charge in [0.1, 0.15) is 5.82 Å². The number of nitrogens with two attached hydrogens (primary N) is 1. The molecule has 0 atom stereocenters. The van der Waals surface area contributed by atoms with Gasteiger partial charge in [-0.1, -0.05) is 30.3 Å². The molecule has 0 aliphatic rings. The number of ether oxygens (including phenoxy) is 1. The van der Waals surface area contributed by atoms with Gasteiger partial charge in [-0.05, 0) is 18.6 Å². The van der Waals surface area contributed by atoms with Crippen molar-refractivity contribution in [3.05, 3.63) is 48.2 Å². The van der Waals surface area contributed by atoms with Crippen molar-refractivity contribution in [2.45, 2.75) is 6.92 Å². The summed E-state index contributed by atoms with van der Waals surface area (Å²) in [6, 6.07) is 11.1. The highest BCUT2D eigenvalue weighted by atomic mass is 16.5. The molecule has 0 aliphatic heterocycles. The summed E-state index contributed by atoms with van der Waals surface area (Å²) in [7, 11) is 0. The van der Waals surface area contributed by atoms with Gasteiger partial charge in [-0.2, -0.15) is 0 Å². The second-order valence-corrected chi connectivity index (χ2v) is 3.71. The van der Waals surface area contributed by atoms with Crippen molar-refractivity contribution < 1.29 is 9.53 Å². The summed E-state index contributed by atoms with van der Waals surface area (Å²) in [5, 5.41) is 0. The van der Waals surface area contributed by atoms with Crippen LogP contribution in [0.4, 0.5) is 5.82 Å². The number of nitrogen functional groups attached to an aromatic ring is 1. The Morgan fingerprint density at radius 3 is 2.67 bits per heavy atom. The normalized spacial score (nSPS) is 10.1. The maximum atomic E-state index is 11.9. The van der Waals surface area contributed by atoms with Crippen LogP contribution in [0.1, 0.15) is 17.3 Å². The molecule has 1 aromatic carbocycles. The van der Waals surface area contributed by atoms with E-state index < -0.39 is 0 Å². The van der Waals surface area contributed by atoms with Crippen molar-refractivity contribution in [2.24, 2.45) is 0 Å². The molecule has 0 aliphatic carbocycles. The number of carbonyl (C=O) groups excluding carboxylic acids is 1. The fourth-order valence-corrected chi connectivity index (χ4v) is 1.77. The maximum absolute atomic E-state index is 11.9. The van der Waals surface area contributed by atoms with Crippen LogP contribution in [-0.4, -0.2) is 17.6 Å². The molecule has 18 heavy (non-hydrogen) atoms. The molecule has 1 heterocycles. The number of hydrogen-bond donors (Lipinski definition) is 1. The first kappa shape index (κ1) is 12.1. The summed E-state index contributed by atoms with van der Waals surface area (Å²) < 4.78 is 5.02. The molecule has 0 fully saturated rings. The van der Waals surface area contributed by atoms with Crippen molar-refractivity contribution in [1.29, 1.82) is 0 Å². The number of nitrogens with zero attached hydrogens (tertiary/aromatic N) is 1. The molecule has 4 nitrogen and oxygen atoms in total. The lowest BCUT2D eigenvalue weighted by atomic mass is 10.0. The van der Waals surface area contributed by atoms with E-state index in [0.717, 1.165) is 5.56 Å². The predicted octanol–water partition coefficient (Wildman–Crippen LogP) is 2.51. The molecule has 0 saturated carbocycles. The molecule has 2 N–H and O–H groups in total. The highest BCUT2D eigenvalue weighted by Crippen LogP contribution is 2.28. The Morgan fingerprint density at radius 1 is 1.28 bits per heavy atom. The zero-order chi connectivity index (χ0) is 13.0. The van der Waals surface area contributed by atoms with Gasteiger partial charge in [-0.15, -0.1) is 0 Å². The number of hydrogen-bond acceptors (Lipinski definition) is 4. The lowest BCUT2D eigenvalue weighted by molar-refractivity contribution is 0.0527. The number of anilines is 1. The average molecular weight is 242 g/mol. The second kappa shape index (κ2) is 5.31. The quantitative estimate of drug-likeness (QED) is 0.840. The first-order chi connectivity index (χ1) is 8.74. The topological polar surface area (TPSA) is 65.2 Å². The molecule has 1 aromatic heterocycles. The minimum atomic E-state index is -0.384. The first-order valence-corrected chi connectivity index (χ1v) is 5.71. The van der Waals surface area contributed by atoms with Crippen LogP contribution >= 0.6 is 0 Å². The molecule has 0 amide bonds. The van der Waals surface area contributed by atoms with E-state index in [1.807, 2.05) is 30.3 Å². The van der Waals surface area contributed by atoms with Crippen LogP contribution in [0.5, 0.6) is 0 Å². The average Bonchev–Trinajstić information content (AvgIpc) is 2.39. The summed E-state index contributed by atoms with van der Waals surface area (Å²) in [5.41, 5.74) is 7.78. The van der Waals surface area contributed by atoms with Crippen LogP contribution in [0.3, 0.4) is 0 Å². The van der Waals surface area contributed by atoms with Gasteiger partial charge in [-0.3, -0.25) is 0 Å². The largest absolute Gasteiger partial charge is 0.462 e. The number of esters is 1. The maximum Gasteiger partial charge on any atom is 0.338 e. The fourth-order valence-electron chi connectivity index (χ4n) is 1.77. The molecule has 92 valence electrons. The van der Waals surface area contributed by atoms with Crippen LogP contribution < -0.4 is 5.73 Å². The van der Waals surface area contributed by atoms with E-state index in [2.05, 4.69) is 4.98 Å². The molecule has 0 unspecified atom stereocenters. The highest BCUT2D eigenvalue weighted by Gasteiger charge is 2.16. The van der Waals surface area contributed by atoms with Gasteiger partial charge in [0.2, 0.25) is 0 Å². The molecule has 2 rings (SSSR count). The first-order valence-electron chi connectivity index (χ1n) is 5.71. The smallest absolute Gasteiger partial charge is 0.338 e. The summed E-state index contributed by atoms with van der Waals surface area (Å²) >= 11 is 0. The lowest BCUT2D eigenvalue weighted by Crippen LogP contribution is -2.09. The molecule has 0 radical (unpaired) electrons. The molecular weight excluding hydrogens is 228 g/mol. The highest BCUT2D eigenvalue weighted by molar-refractivity contribution is 5.99. The van der Waals surface area contributed by atoms with E-state index in [4.69, 9.17) is 10.5 Å². The van der Waals surface area contributed by atoms with E-state index in [9.17, 15) is 4.79 Å². The third-order valence-electron chi connectivity index (χ3n) is 2.54. The molecule has 2 aromatic rings. The SMILES string of the molecule is CCOC(=O)c1ccnc(N)c1-c1ccccc1. The number of carbonyl (C=O) groups is 1. The van der Waals surface area contributed by atoms with Crippen molar-refractivity contribution in [1.82, 2.24) is 4.98 Å². The Labute approximate surface area is 105 Å². The van der Waals surface area contributed by atoms with Crippen molar-refractivity contribution in [3.63, 3.8) is 0 Å². The van der Waals surface area contributed by atoms with Gasteiger partial charge in [-0.25, -0.2) is 9.78 Å². The van der Waals surface area contributed by atoms with Gasteiger partial charge in [0.15, 0.2) is 0 Å². The zero-order valence-electron chi connectivity index (χ0n) is 10.1. The molecule has 0 saturated heterocycles. The van der Waals surface area contributed by atoms with E-state index in [0.29, 0.717) is 23.6 Å². The molecule has 0 bridgehead atoms. The summed E-state index contributed by atoms with van der Waals surface area (Å²) in [4.78, 5) is 15.9. The van der Waals surface area contributed by atoms with E-state index in [1.165, 1.54) is 6.20 Å². The number of rotatable bonds is 3. The van der Waals surface area contributed by atoms with Crippen LogP contribution in [0.2, 0.25) is 0 Å². The van der Waals surface area contributed by atoms with Crippen LogP contribution in [0.15, 0.2) is 42.6 Å². The third-order valence-corrected chi connectivity index (χ3v) is 2.54. The zero-order valence-corrected chi connectivity index (χ0v) is 10.1. The molecule has 4 heteroatoms. The van der Waals surface area contributed by atoms with Crippen molar-refractivity contribution in [2.75, 3.05) is 12.3 Å². The standard InChI is InChI=1S/C14H14N2O2/c1-2-18-14(17)11-8-9-16-13(15)12(11)10-6-4-3-5-7-10/h3-9H,2H2,1H3,(H2,15,16). The Bertz CT molecular complexity index is 553. The van der Waals surface area contributed by atoms with Crippen molar-refractivity contribution in [3.8, 4) is 11.1 Å². The van der Waals surface area contributed by atoms with E-state index in [-0.39, 0.29) is 5.97 Å². The van der Waals surface area contributed by atoms with Crippen LogP contribution in [-0.2, 0) is 4.74 Å². The fraction of sp³-hybridized carbons (Fsp3) is 0.143. The second-order valence-electron chi connectivity index (χ2n) is 3.71. The van der Waals surface area contributed by atoms with Gasteiger partial charge in [0, 0.05) is 11.8 Å². The molecule has 0 spiro atoms. The van der Waals surface area contributed by atoms with Crippen LogP contribution in [0.25, 0.3) is 11.1 Å². The number of aromatic nitrogens is 1. The predicted molar refractivity (Wildman–Crippen MR) is 70.0 cm³/mol. The lowest BCUT2D eigenvalue weighted by Gasteiger charge is -2.10. The Kier molecular flexibility index (Phi) is 3.57.